The number of benzene rings is 1. The highest BCUT2D eigenvalue weighted by Gasteiger charge is 2.15. The molecule has 1 atom stereocenters. The number of nitrogens with two attached hydrogens (primary N) is 1. The van der Waals surface area contributed by atoms with Crippen molar-refractivity contribution in [3.05, 3.63) is 50.7 Å². The van der Waals surface area contributed by atoms with Gasteiger partial charge in [0.25, 0.3) is 5.69 Å². The quantitative estimate of drug-likeness (QED) is 0.410. The molecule has 0 radical (unpaired) electrons. The molecule has 0 amide bonds. The first kappa shape index (κ1) is 15.3. The standard InChI is InChI=1S/C14H18N4O2S/c1-2-4-13(14-5-3-6-21-14)16-10-7-11(17-15)9-12(8-10)18(19)20/h3,5-9,13,16-17H,2,4,15H2,1H3. The molecule has 1 unspecified atom stereocenters. The number of hydrogen-bond acceptors (Lipinski definition) is 6. The van der Waals surface area contributed by atoms with Crippen LogP contribution in [-0.2, 0) is 0 Å². The highest BCUT2D eigenvalue weighted by molar-refractivity contribution is 7.10. The Kier molecular flexibility index (Phi) is 5.13. The van der Waals surface area contributed by atoms with Crippen molar-refractivity contribution in [1.82, 2.24) is 0 Å². The third kappa shape index (κ3) is 3.93. The summed E-state index contributed by atoms with van der Waals surface area (Å²) in [6, 6.07) is 8.91. The Hall–Kier alpha value is -2.12. The van der Waals surface area contributed by atoms with E-state index in [0.29, 0.717) is 11.4 Å². The van der Waals surface area contributed by atoms with Crippen LogP contribution in [0.5, 0.6) is 0 Å². The molecule has 6 nitrogen and oxygen atoms in total. The highest BCUT2D eigenvalue weighted by atomic mass is 32.1. The van der Waals surface area contributed by atoms with E-state index in [1.54, 1.807) is 17.4 Å². The minimum Gasteiger partial charge on any atom is -0.377 e. The maximum Gasteiger partial charge on any atom is 0.273 e. The van der Waals surface area contributed by atoms with Gasteiger partial charge in [-0.05, 0) is 23.9 Å². The Labute approximate surface area is 127 Å². The van der Waals surface area contributed by atoms with Gasteiger partial charge in [0.15, 0.2) is 0 Å². The normalized spacial score (nSPS) is 11.9. The minimum atomic E-state index is -0.425. The molecule has 7 heteroatoms. The van der Waals surface area contributed by atoms with E-state index in [1.807, 2.05) is 11.4 Å². The molecular formula is C14H18N4O2S. The zero-order chi connectivity index (χ0) is 15.2. The molecule has 112 valence electrons. The Morgan fingerprint density at radius 2 is 2.14 bits per heavy atom. The number of thiophene rings is 1. The predicted molar refractivity (Wildman–Crippen MR) is 86.5 cm³/mol. The Balaban J connectivity index is 2.27. The molecule has 1 heterocycles. The second-order valence-electron chi connectivity index (χ2n) is 4.67. The van der Waals surface area contributed by atoms with Crippen LogP contribution in [0.4, 0.5) is 17.1 Å². The van der Waals surface area contributed by atoms with Gasteiger partial charge in [0, 0.05) is 22.7 Å². The fourth-order valence-electron chi connectivity index (χ4n) is 2.15. The average Bonchev–Trinajstić information content (AvgIpc) is 3.00. The first-order valence-corrected chi connectivity index (χ1v) is 7.58. The lowest BCUT2D eigenvalue weighted by atomic mass is 10.1. The van der Waals surface area contributed by atoms with Crippen LogP contribution in [0.3, 0.4) is 0 Å². The lowest BCUT2D eigenvalue weighted by molar-refractivity contribution is -0.384. The van der Waals surface area contributed by atoms with Gasteiger partial charge in [-0.2, -0.15) is 0 Å². The van der Waals surface area contributed by atoms with Gasteiger partial charge >= 0.3 is 0 Å². The molecule has 2 aromatic rings. The number of nitrogens with zero attached hydrogens (tertiary/aromatic N) is 1. The number of hydrogen-bond donors (Lipinski definition) is 3. The molecule has 0 saturated heterocycles. The number of hydrazine groups is 1. The van der Waals surface area contributed by atoms with E-state index >= 15 is 0 Å². The van der Waals surface area contributed by atoms with Gasteiger partial charge in [0.2, 0.25) is 0 Å². The SMILES string of the molecule is CCCC(Nc1cc(NN)cc([N+](=O)[O-])c1)c1cccs1. The van der Waals surface area contributed by atoms with Crippen molar-refractivity contribution in [3.63, 3.8) is 0 Å². The predicted octanol–water partition coefficient (Wildman–Crippen LogP) is 3.90. The number of nitrogen functional groups attached to an aromatic ring is 1. The van der Waals surface area contributed by atoms with Crippen LogP contribution in [0.2, 0.25) is 0 Å². The zero-order valence-electron chi connectivity index (χ0n) is 11.7. The molecule has 0 bridgehead atoms. The van der Waals surface area contributed by atoms with Crippen molar-refractivity contribution in [2.45, 2.75) is 25.8 Å². The Morgan fingerprint density at radius 3 is 2.71 bits per heavy atom. The second-order valence-corrected chi connectivity index (χ2v) is 5.65. The molecule has 0 fully saturated rings. The van der Waals surface area contributed by atoms with E-state index in [4.69, 9.17) is 5.84 Å². The van der Waals surface area contributed by atoms with Gasteiger partial charge in [0.05, 0.1) is 16.7 Å². The molecule has 2 rings (SSSR count). The van der Waals surface area contributed by atoms with Crippen LogP contribution in [-0.4, -0.2) is 4.92 Å². The number of rotatable bonds is 7. The molecule has 21 heavy (non-hydrogen) atoms. The lowest BCUT2D eigenvalue weighted by Gasteiger charge is -2.18. The summed E-state index contributed by atoms with van der Waals surface area (Å²) in [4.78, 5) is 11.8. The zero-order valence-corrected chi connectivity index (χ0v) is 12.5. The number of anilines is 2. The van der Waals surface area contributed by atoms with Crippen molar-refractivity contribution in [2.75, 3.05) is 10.7 Å². The van der Waals surface area contributed by atoms with Gasteiger partial charge in [-0.25, -0.2) is 0 Å². The van der Waals surface area contributed by atoms with E-state index < -0.39 is 4.92 Å². The van der Waals surface area contributed by atoms with Gasteiger partial charge in [-0.15, -0.1) is 11.3 Å². The van der Waals surface area contributed by atoms with Crippen molar-refractivity contribution < 1.29 is 4.92 Å². The molecule has 0 aliphatic carbocycles. The summed E-state index contributed by atoms with van der Waals surface area (Å²) in [6.07, 6.45) is 1.97. The summed E-state index contributed by atoms with van der Waals surface area (Å²) in [6.45, 7) is 2.11. The first-order valence-electron chi connectivity index (χ1n) is 6.70. The van der Waals surface area contributed by atoms with E-state index in [9.17, 15) is 10.1 Å². The first-order chi connectivity index (χ1) is 10.1. The molecule has 0 saturated carbocycles. The molecule has 4 N–H and O–H groups in total. The van der Waals surface area contributed by atoms with Gasteiger partial charge in [0.1, 0.15) is 0 Å². The third-order valence-electron chi connectivity index (χ3n) is 3.10. The third-order valence-corrected chi connectivity index (χ3v) is 4.09. The molecule has 1 aromatic carbocycles. The topological polar surface area (TPSA) is 93.2 Å². The summed E-state index contributed by atoms with van der Waals surface area (Å²) < 4.78 is 0. The Morgan fingerprint density at radius 1 is 1.38 bits per heavy atom. The minimum absolute atomic E-state index is 0.00868. The maximum absolute atomic E-state index is 11.0. The van der Waals surface area contributed by atoms with Gasteiger partial charge in [-0.1, -0.05) is 19.4 Å². The van der Waals surface area contributed by atoms with Crippen molar-refractivity contribution in [2.24, 2.45) is 5.84 Å². The van der Waals surface area contributed by atoms with Gasteiger partial charge < -0.3 is 10.7 Å². The van der Waals surface area contributed by atoms with Gasteiger partial charge in [-0.3, -0.25) is 16.0 Å². The average molecular weight is 306 g/mol. The molecule has 0 aliphatic rings. The molecule has 0 aliphatic heterocycles. The van der Waals surface area contributed by atoms with Crippen molar-refractivity contribution >= 4 is 28.4 Å². The van der Waals surface area contributed by atoms with Crippen molar-refractivity contribution in [3.8, 4) is 0 Å². The lowest BCUT2D eigenvalue weighted by Crippen LogP contribution is -2.11. The fraction of sp³-hybridized carbons (Fsp3) is 0.286. The summed E-state index contributed by atoms with van der Waals surface area (Å²) in [7, 11) is 0. The maximum atomic E-state index is 11.0. The summed E-state index contributed by atoms with van der Waals surface area (Å²) in [5, 5.41) is 16.4. The van der Waals surface area contributed by atoms with Crippen LogP contribution in [0.15, 0.2) is 35.7 Å². The number of nitro groups is 1. The summed E-state index contributed by atoms with van der Waals surface area (Å²) in [5.74, 6) is 5.37. The van der Waals surface area contributed by atoms with Crippen molar-refractivity contribution in [1.29, 1.82) is 0 Å². The van der Waals surface area contributed by atoms with Crippen LogP contribution in [0.25, 0.3) is 0 Å². The second kappa shape index (κ2) is 7.05. The molecule has 0 spiro atoms. The largest absolute Gasteiger partial charge is 0.377 e. The highest BCUT2D eigenvalue weighted by Crippen LogP contribution is 2.30. The number of nitrogens with one attached hydrogen (secondary N) is 2. The summed E-state index contributed by atoms with van der Waals surface area (Å²) >= 11 is 1.67. The molecular weight excluding hydrogens is 288 g/mol. The monoisotopic (exact) mass is 306 g/mol. The van der Waals surface area contributed by atoms with Crippen LogP contribution >= 0.6 is 11.3 Å². The van der Waals surface area contributed by atoms with E-state index in [0.717, 1.165) is 12.8 Å². The van der Waals surface area contributed by atoms with E-state index in [1.165, 1.54) is 17.0 Å². The van der Waals surface area contributed by atoms with E-state index in [-0.39, 0.29) is 11.7 Å². The Bertz CT molecular complexity index is 601. The van der Waals surface area contributed by atoms with Crippen LogP contribution < -0.4 is 16.6 Å². The van der Waals surface area contributed by atoms with Crippen LogP contribution in [0.1, 0.15) is 30.7 Å². The molecule has 1 aromatic heterocycles. The van der Waals surface area contributed by atoms with E-state index in [2.05, 4.69) is 23.7 Å². The number of non-ortho nitro benzene ring substituents is 1. The smallest absolute Gasteiger partial charge is 0.273 e. The number of nitro benzene ring substituents is 1. The fourth-order valence-corrected chi connectivity index (χ4v) is 2.96. The summed E-state index contributed by atoms with van der Waals surface area (Å²) in [5.41, 5.74) is 3.66. The van der Waals surface area contributed by atoms with Crippen LogP contribution in [0, 0.1) is 10.1 Å².